The molecule has 28 heavy (non-hydrogen) atoms. The molecule has 2 aromatic carbocycles. The maximum absolute atomic E-state index is 13.0. The Kier molecular flexibility index (Phi) is 6.37. The molecule has 0 aliphatic heterocycles. The van der Waals surface area contributed by atoms with Crippen LogP contribution in [0.5, 0.6) is 0 Å². The molecular weight excluding hydrogens is 350 g/mol. The highest BCUT2D eigenvalue weighted by Gasteiger charge is 2.16. The lowest BCUT2D eigenvalue weighted by atomic mass is 10.1. The van der Waals surface area contributed by atoms with Gasteiger partial charge in [-0.2, -0.15) is 0 Å². The van der Waals surface area contributed by atoms with Crippen LogP contribution in [0.1, 0.15) is 36.6 Å². The molecule has 0 fully saturated rings. The zero-order chi connectivity index (χ0) is 19.9. The number of rotatable bonds is 7. The Bertz CT molecular complexity index is 924. The fourth-order valence-electron chi connectivity index (χ4n) is 2.96. The Morgan fingerprint density at radius 1 is 0.964 bits per heavy atom. The van der Waals surface area contributed by atoms with E-state index in [-0.39, 0.29) is 23.9 Å². The first-order valence-electron chi connectivity index (χ1n) is 9.45. The molecule has 0 unspecified atom stereocenters. The predicted octanol–water partition coefficient (Wildman–Crippen LogP) is 3.60. The van der Waals surface area contributed by atoms with E-state index in [1.54, 1.807) is 4.90 Å². The minimum Gasteiger partial charge on any atom is -0.332 e. The summed E-state index contributed by atoms with van der Waals surface area (Å²) in [4.78, 5) is 31.5. The zero-order valence-electron chi connectivity index (χ0n) is 16.3. The minimum absolute atomic E-state index is 0.0239. The van der Waals surface area contributed by atoms with Crippen LogP contribution >= 0.6 is 0 Å². The van der Waals surface area contributed by atoms with Crippen molar-refractivity contribution in [2.75, 3.05) is 0 Å². The zero-order valence-corrected chi connectivity index (χ0v) is 16.3. The van der Waals surface area contributed by atoms with E-state index in [1.165, 1.54) is 17.0 Å². The van der Waals surface area contributed by atoms with Crippen molar-refractivity contribution in [2.24, 2.45) is 0 Å². The van der Waals surface area contributed by atoms with Gasteiger partial charge in [0.1, 0.15) is 6.54 Å². The second kappa shape index (κ2) is 9.13. The first kappa shape index (κ1) is 19.5. The van der Waals surface area contributed by atoms with Crippen LogP contribution in [0.3, 0.4) is 0 Å². The van der Waals surface area contributed by atoms with Gasteiger partial charge in [-0.3, -0.25) is 14.2 Å². The van der Waals surface area contributed by atoms with Crippen LogP contribution in [0.4, 0.5) is 0 Å². The fourth-order valence-corrected chi connectivity index (χ4v) is 2.96. The Labute approximate surface area is 165 Å². The summed E-state index contributed by atoms with van der Waals surface area (Å²) in [5.74, 6) is 0.0552. The molecule has 5 nitrogen and oxygen atoms in total. The number of aromatic nitrogens is 2. The van der Waals surface area contributed by atoms with Crippen molar-refractivity contribution in [1.29, 1.82) is 0 Å². The molecule has 0 saturated carbocycles. The largest absolute Gasteiger partial charge is 0.332 e. The van der Waals surface area contributed by atoms with E-state index in [1.807, 2.05) is 74.5 Å². The van der Waals surface area contributed by atoms with E-state index in [0.717, 1.165) is 16.8 Å². The number of amides is 1. The van der Waals surface area contributed by atoms with Crippen molar-refractivity contribution in [3.05, 3.63) is 100 Å². The van der Waals surface area contributed by atoms with Crippen molar-refractivity contribution in [3.8, 4) is 0 Å². The predicted molar refractivity (Wildman–Crippen MR) is 110 cm³/mol. The summed E-state index contributed by atoms with van der Waals surface area (Å²) in [7, 11) is 0. The topological polar surface area (TPSA) is 55.2 Å². The molecule has 0 aliphatic rings. The van der Waals surface area contributed by atoms with Crippen LogP contribution in [0.25, 0.3) is 0 Å². The molecule has 3 aromatic rings. The van der Waals surface area contributed by atoms with Crippen LogP contribution in [0.2, 0.25) is 0 Å². The van der Waals surface area contributed by atoms with E-state index >= 15 is 0 Å². The van der Waals surface area contributed by atoms with Crippen LogP contribution < -0.4 is 5.56 Å². The molecule has 0 spiro atoms. The standard InChI is InChI=1S/C23H25N3O2/c1-18(2)21-13-22(27)26(17-24-21)16-23(28)25(14-19-9-5-3-6-10-19)15-20-11-7-4-8-12-20/h3-13,17-18H,14-16H2,1-2H3. The van der Waals surface area contributed by atoms with Crippen molar-refractivity contribution < 1.29 is 4.79 Å². The summed E-state index contributed by atoms with van der Waals surface area (Å²) < 4.78 is 1.37. The second-order valence-corrected chi connectivity index (χ2v) is 7.16. The van der Waals surface area contributed by atoms with Crippen molar-refractivity contribution in [1.82, 2.24) is 14.5 Å². The summed E-state index contributed by atoms with van der Waals surface area (Å²) in [6, 6.07) is 21.2. The third-order valence-electron chi connectivity index (χ3n) is 4.58. The summed E-state index contributed by atoms with van der Waals surface area (Å²) in [6.45, 7) is 4.92. The molecule has 0 N–H and O–H groups in total. The molecule has 144 valence electrons. The van der Waals surface area contributed by atoms with Gasteiger partial charge in [0.15, 0.2) is 0 Å². The van der Waals surface area contributed by atoms with Gasteiger partial charge in [0.2, 0.25) is 5.91 Å². The average molecular weight is 375 g/mol. The van der Waals surface area contributed by atoms with E-state index in [0.29, 0.717) is 13.1 Å². The van der Waals surface area contributed by atoms with Crippen molar-refractivity contribution in [3.63, 3.8) is 0 Å². The molecule has 1 aromatic heterocycles. The molecule has 5 heteroatoms. The minimum atomic E-state index is -0.202. The lowest BCUT2D eigenvalue weighted by Gasteiger charge is -2.23. The Balaban J connectivity index is 1.80. The molecule has 0 bridgehead atoms. The van der Waals surface area contributed by atoms with Gasteiger partial charge >= 0.3 is 0 Å². The van der Waals surface area contributed by atoms with E-state index in [9.17, 15) is 9.59 Å². The summed E-state index contributed by atoms with van der Waals surface area (Å²) >= 11 is 0. The lowest BCUT2D eigenvalue weighted by molar-refractivity contribution is -0.133. The van der Waals surface area contributed by atoms with E-state index in [2.05, 4.69) is 4.98 Å². The van der Waals surface area contributed by atoms with Gasteiger partial charge in [-0.15, -0.1) is 0 Å². The number of benzene rings is 2. The SMILES string of the molecule is CC(C)c1cc(=O)n(CC(=O)N(Cc2ccccc2)Cc2ccccc2)cn1. The monoisotopic (exact) mass is 375 g/mol. The van der Waals surface area contributed by atoms with Gasteiger partial charge in [0.05, 0.1) is 12.0 Å². The number of nitrogens with zero attached hydrogens (tertiary/aromatic N) is 3. The molecule has 0 aliphatic carbocycles. The Morgan fingerprint density at radius 2 is 1.50 bits per heavy atom. The molecule has 1 heterocycles. The van der Waals surface area contributed by atoms with Gasteiger partial charge < -0.3 is 4.90 Å². The highest BCUT2D eigenvalue weighted by atomic mass is 16.2. The number of carbonyl (C=O) groups excluding carboxylic acids is 1. The van der Waals surface area contributed by atoms with Gasteiger partial charge in [0, 0.05) is 19.2 Å². The van der Waals surface area contributed by atoms with Crippen LogP contribution in [-0.2, 0) is 24.4 Å². The first-order chi connectivity index (χ1) is 13.5. The summed E-state index contributed by atoms with van der Waals surface area (Å²) in [5, 5.41) is 0. The third kappa shape index (κ3) is 5.16. The number of carbonyl (C=O) groups is 1. The maximum atomic E-state index is 13.0. The fraction of sp³-hybridized carbons (Fsp3) is 0.261. The van der Waals surface area contributed by atoms with Gasteiger partial charge in [-0.1, -0.05) is 74.5 Å². The van der Waals surface area contributed by atoms with Crippen LogP contribution in [-0.4, -0.2) is 20.4 Å². The normalized spacial score (nSPS) is 10.8. The number of hydrogen-bond donors (Lipinski definition) is 0. The first-order valence-corrected chi connectivity index (χ1v) is 9.45. The highest BCUT2D eigenvalue weighted by molar-refractivity contribution is 5.76. The summed E-state index contributed by atoms with van der Waals surface area (Å²) in [6.07, 6.45) is 1.47. The van der Waals surface area contributed by atoms with E-state index in [4.69, 9.17) is 0 Å². The lowest BCUT2D eigenvalue weighted by Crippen LogP contribution is -2.36. The summed E-state index contributed by atoms with van der Waals surface area (Å²) in [5.41, 5.74) is 2.63. The van der Waals surface area contributed by atoms with Gasteiger partial charge in [0.25, 0.3) is 5.56 Å². The Morgan fingerprint density at radius 3 is 1.96 bits per heavy atom. The second-order valence-electron chi connectivity index (χ2n) is 7.16. The molecule has 0 radical (unpaired) electrons. The highest BCUT2D eigenvalue weighted by Crippen LogP contribution is 2.12. The van der Waals surface area contributed by atoms with Crippen molar-refractivity contribution in [2.45, 2.75) is 39.4 Å². The smallest absolute Gasteiger partial charge is 0.254 e. The molecule has 1 amide bonds. The quantitative estimate of drug-likeness (QED) is 0.634. The molecule has 0 saturated heterocycles. The third-order valence-corrected chi connectivity index (χ3v) is 4.58. The Hall–Kier alpha value is -3.21. The van der Waals surface area contributed by atoms with Gasteiger partial charge in [-0.25, -0.2) is 4.98 Å². The molecule has 0 atom stereocenters. The van der Waals surface area contributed by atoms with E-state index < -0.39 is 0 Å². The van der Waals surface area contributed by atoms with Crippen LogP contribution in [0.15, 0.2) is 77.9 Å². The van der Waals surface area contributed by atoms with Crippen LogP contribution in [0, 0.1) is 0 Å². The average Bonchev–Trinajstić information content (AvgIpc) is 2.70. The maximum Gasteiger partial charge on any atom is 0.254 e. The van der Waals surface area contributed by atoms with Gasteiger partial charge in [-0.05, 0) is 17.0 Å². The molecule has 3 rings (SSSR count). The van der Waals surface area contributed by atoms with Crippen molar-refractivity contribution >= 4 is 5.91 Å². The molecular formula is C23H25N3O2. The number of hydrogen-bond acceptors (Lipinski definition) is 3.